The fourth-order valence-electron chi connectivity index (χ4n) is 4.13. The zero-order valence-electron chi connectivity index (χ0n) is 18.1. The Morgan fingerprint density at radius 3 is 2.39 bits per heavy atom. The van der Waals surface area contributed by atoms with Gasteiger partial charge in [-0.25, -0.2) is 0 Å². The molecule has 1 aromatic carbocycles. The molecule has 0 unspecified atom stereocenters. The first-order valence-corrected chi connectivity index (χ1v) is 11.5. The van der Waals surface area contributed by atoms with Crippen molar-refractivity contribution in [2.45, 2.75) is 50.4 Å². The van der Waals surface area contributed by atoms with Crippen LogP contribution in [0.3, 0.4) is 0 Å². The van der Waals surface area contributed by atoms with Crippen molar-refractivity contribution in [3.63, 3.8) is 0 Å². The van der Waals surface area contributed by atoms with E-state index >= 15 is 0 Å². The summed E-state index contributed by atoms with van der Waals surface area (Å²) >= 11 is 1.42. The lowest BCUT2D eigenvalue weighted by Gasteiger charge is -2.39. The van der Waals surface area contributed by atoms with Crippen molar-refractivity contribution >= 4 is 17.7 Å². The summed E-state index contributed by atoms with van der Waals surface area (Å²) in [5.74, 6) is 1.97. The third kappa shape index (κ3) is 4.58. The number of hydrogen-bond donors (Lipinski definition) is 0. The van der Waals surface area contributed by atoms with Gasteiger partial charge in [-0.3, -0.25) is 14.3 Å². The van der Waals surface area contributed by atoms with Gasteiger partial charge in [-0.05, 0) is 69.5 Å². The number of thioether (sulfide) groups is 1. The molecular weight excluding hydrogens is 410 g/mol. The number of carbonyl (C=O) groups excluding carboxylic acids is 1. The summed E-state index contributed by atoms with van der Waals surface area (Å²) in [6.07, 6.45) is 6.78. The van der Waals surface area contributed by atoms with Crippen LogP contribution in [0.4, 0.5) is 0 Å². The summed E-state index contributed by atoms with van der Waals surface area (Å²) in [5.41, 5.74) is 1.82. The number of aromatic nitrogens is 4. The van der Waals surface area contributed by atoms with Crippen molar-refractivity contribution in [1.82, 2.24) is 24.6 Å². The number of rotatable bonds is 6. The van der Waals surface area contributed by atoms with Gasteiger partial charge in [0.05, 0.1) is 12.9 Å². The molecule has 3 aromatic rings. The van der Waals surface area contributed by atoms with Crippen LogP contribution in [0.2, 0.25) is 0 Å². The molecule has 1 amide bonds. The van der Waals surface area contributed by atoms with E-state index in [4.69, 9.17) is 4.74 Å². The molecule has 1 fully saturated rings. The number of amides is 1. The fraction of sp³-hybridized carbons (Fsp3) is 0.391. The third-order valence-corrected chi connectivity index (χ3v) is 6.62. The minimum atomic E-state index is 0.152. The fourth-order valence-corrected chi connectivity index (χ4v) is 4.95. The average molecular weight is 438 g/mol. The molecule has 1 saturated heterocycles. The van der Waals surface area contributed by atoms with E-state index in [-0.39, 0.29) is 18.0 Å². The first-order chi connectivity index (χ1) is 15.1. The Balaban J connectivity index is 1.63. The summed E-state index contributed by atoms with van der Waals surface area (Å²) in [6.45, 7) is 4.28. The van der Waals surface area contributed by atoms with Crippen LogP contribution < -0.4 is 4.74 Å². The highest BCUT2D eigenvalue weighted by molar-refractivity contribution is 7.99. The van der Waals surface area contributed by atoms with Gasteiger partial charge in [0.25, 0.3) is 0 Å². The SMILES string of the molecule is COc1ccc(-n2c(SCC(=O)N3[C@H](C)CCC[C@@H]3C)nnc2-c2ccncc2)cc1. The van der Waals surface area contributed by atoms with Gasteiger partial charge in [-0.2, -0.15) is 0 Å². The second kappa shape index (κ2) is 9.51. The Labute approximate surface area is 186 Å². The number of pyridine rings is 1. The average Bonchev–Trinajstić information content (AvgIpc) is 3.22. The van der Waals surface area contributed by atoms with Crippen molar-refractivity contribution < 1.29 is 9.53 Å². The standard InChI is InChI=1S/C23H27N5O2S/c1-16-5-4-6-17(2)27(16)21(29)15-31-23-26-25-22(18-11-13-24-14-12-18)28(23)19-7-9-20(30-3)10-8-19/h7-14,16-17H,4-6,15H2,1-3H3/t16-,17+. The van der Waals surface area contributed by atoms with E-state index < -0.39 is 0 Å². The Kier molecular flexibility index (Phi) is 6.56. The van der Waals surface area contributed by atoms with Crippen LogP contribution in [-0.2, 0) is 4.79 Å². The Bertz CT molecular complexity index is 1010. The summed E-state index contributed by atoms with van der Waals surface area (Å²) in [6, 6.07) is 12.1. The van der Waals surface area contributed by atoms with Crippen LogP contribution in [-0.4, -0.2) is 55.5 Å². The van der Waals surface area contributed by atoms with Crippen LogP contribution in [0.25, 0.3) is 17.1 Å². The Morgan fingerprint density at radius 1 is 1.06 bits per heavy atom. The number of nitrogens with zero attached hydrogens (tertiary/aromatic N) is 5. The maximum atomic E-state index is 13.0. The van der Waals surface area contributed by atoms with Gasteiger partial charge >= 0.3 is 0 Å². The van der Waals surface area contributed by atoms with Crippen molar-refractivity contribution in [2.24, 2.45) is 0 Å². The predicted octanol–water partition coefficient (Wildman–Crippen LogP) is 4.22. The van der Waals surface area contributed by atoms with Gasteiger partial charge in [0.1, 0.15) is 5.75 Å². The largest absolute Gasteiger partial charge is 0.497 e. The van der Waals surface area contributed by atoms with E-state index in [0.717, 1.165) is 29.8 Å². The number of benzene rings is 1. The first kappa shape index (κ1) is 21.4. The predicted molar refractivity (Wildman–Crippen MR) is 121 cm³/mol. The summed E-state index contributed by atoms with van der Waals surface area (Å²) in [4.78, 5) is 19.2. The highest BCUT2D eigenvalue weighted by Crippen LogP contribution is 2.30. The van der Waals surface area contributed by atoms with E-state index in [2.05, 4.69) is 29.0 Å². The Morgan fingerprint density at radius 2 is 1.74 bits per heavy atom. The number of piperidine rings is 1. The maximum absolute atomic E-state index is 13.0. The molecule has 0 radical (unpaired) electrons. The number of likely N-dealkylation sites (tertiary alicyclic amines) is 1. The highest BCUT2D eigenvalue weighted by atomic mass is 32.2. The number of hydrogen-bond acceptors (Lipinski definition) is 6. The number of carbonyl (C=O) groups is 1. The van der Waals surface area contributed by atoms with Crippen LogP contribution >= 0.6 is 11.8 Å². The van der Waals surface area contributed by atoms with Gasteiger partial charge in [-0.15, -0.1) is 10.2 Å². The van der Waals surface area contributed by atoms with Crippen molar-refractivity contribution in [1.29, 1.82) is 0 Å². The quantitative estimate of drug-likeness (QED) is 0.538. The molecule has 8 heteroatoms. The molecular formula is C23H27N5O2S. The number of ether oxygens (including phenoxy) is 1. The molecule has 1 aliphatic heterocycles. The summed E-state index contributed by atoms with van der Waals surface area (Å²) in [5, 5.41) is 9.54. The molecule has 7 nitrogen and oxygen atoms in total. The minimum Gasteiger partial charge on any atom is -0.497 e. The molecule has 2 atom stereocenters. The third-order valence-electron chi connectivity index (χ3n) is 5.71. The molecule has 0 N–H and O–H groups in total. The lowest BCUT2D eigenvalue weighted by Crippen LogP contribution is -2.48. The van der Waals surface area contributed by atoms with E-state index in [0.29, 0.717) is 16.7 Å². The van der Waals surface area contributed by atoms with Gasteiger partial charge in [-0.1, -0.05) is 11.8 Å². The van der Waals surface area contributed by atoms with Crippen molar-refractivity contribution in [3.05, 3.63) is 48.8 Å². The molecule has 4 rings (SSSR count). The van der Waals surface area contributed by atoms with Crippen LogP contribution in [0.5, 0.6) is 5.75 Å². The highest BCUT2D eigenvalue weighted by Gasteiger charge is 2.29. The van der Waals surface area contributed by atoms with Gasteiger partial charge in [0.2, 0.25) is 5.91 Å². The molecule has 1 aliphatic rings. The second-order valence-corrected chi connectivity index (χ2v) is 8.74. The normalized spacial score (nSPS) is 18.7. The van der Waals surface area contributed by atoms with Gasteiger partial charge < -0.3 is 9.64 Å². The van der Waals surface area contributed by atoms with Crippen LogP contribution in [0, 0.1) is 0 Å². The lowest BCUT2D eigenvalue weighted by molar-refractivity contribution is -0.134. The summed E-state index contributed by atoms with van der Waals surface area (Å²) < 4.78 is 7.28. The van der Waals surface area contributed by atoms with E-state index in [1.165, 1.54) is 18.2 Å². The van der Waals surface area contributed by atoms with Crippen LogP contribution in [0.1, 0.15) is 33.1 Å². The molecule has 162 valence electrons. The van der Waals surface area contributed by atoms with Crippen molar-refractivity contribution in [3.8, 4) is 22.8 Å². The maximum Gasteiger partial charge on any atom is 0.233 e. The summed E-state index contributed by atoms with van der Waals surface area (Å²) in [7, 11) is 1.64. The number of methoxy groups -OCH3 is 1. The molecule has 0 bridgehead atoms. The Hall–Kier alpha value is -2.87. The van der Waals surface area contributed by atoms with Gasteiger partial charge in [0.15, 0.2) is 11.0 Å². The first-order valence-electron chi connectivity index (χ1n) is 10.5. The van der Waals surface area contributed by atoms with Crippen molar-refractivity contribution in [2.75, 3.05) is 12.9 Å². The minimum absolute atomic E-state index is 0.152. The lowest BCUT2D eigenvalue weighted by atomic mass is 9.98. The molecule has 2 aromatic heterocycles. The van der Waals surface area contributed by atoms with E-state index in [1.807, 2.05) is 45.9 Å². The molecule has 3 heterocycles. The molecule has 0 aliphatic carbocycles. The monoisotopic (exact) mass is 437 g/mol. The second-order valence-electron chi connectivity index (χ2n) is 7.79. The zero-order chi connectivity index (χ0) is 21.8. The topological polar surface area (TPSA) is 73.1 Å². The van der Waals surface area contributed by atoms with Gasteiger partial charge in [0, 0.05) is 35.7 Å². The molecule has 0 saturated carbocycles. The van der Waals surface area contributed by atoms with E-state index in [9.17, 15) is 4.79 Å². The van der Waals surface area contributed by atoms with Crippen LogP contribution in [0.15, 0.2) is 53.9 Å². The smallest absolute Gasteiger partial charge is 0.233 e. The van der Waals surface area contributed by atoms with E-state index in [1.54, 1.807) is 19.5 Å². The zero-order valence-corrected chi connectivity index (χ0v) is 18.9. The molecule has 0 spiro atoms. The molecule has 31 heavy (non-hydrogen) atoms.